The highest BCUT2D eigenvalue weighted by Gasteiger charge is 2.21. The van der Waals surface area contributed by atoms with Crippen LogP contribution in [0.2, 0.25) is 0 Å². The van der Waals surface area contributed by atoms with E-state index in [2.05, 4.69) is 4.72 Å². The fraction of sp³-hybridized carbons (Fsp3) is 0.375. The molecule has 0 spiro atoms. The number of nitrogens with one attached hydrogen (secondary N) is 1. The molecule has 0 bridgehead atoms. The van der Waals surface area contributed by atoms with Gasteiger partial charge in [-0.25, -0.2) is 13.1 Å². The molecule has 0 fully saturated rings. The number of benzene rings is 1. The summed E-state index contributed by atoms with van der Waals surface area (Å²) in [7, 11) is 3.47. The molecule has 0 saturated carbocycles. The maximum absolute atomic E-state index is 12.3. The molecule has 0 aliphatic heterocycles. The summed E-state index contributed by atoms with van der Waals surface area (Å²) in [5.41, 5.74) is 0.937. The number of sulfonamides is 1. The Balaban J connectivity index is 2.21. The quantitative estimate of drug-likeness (QED) is 0.773. The van der Waals surface area contributed by atoms with E-state index in [1.54, 1.807) is 31.7 Å². The van der Waals surface area contributed by atoms with Crippen molar-refractivity contribution in [2.75, 3.05) is 34.9 Å². The number of thiophene rings is 1. The molecule has 8 heteroatoms. The standard InChI is InChI=1S/C16H22N2O4S2/c1-18(2)13(11-17-24(19,20)16-6-5-9-23-16)12-7-8-14(21-3)15(10-12)22-4/h5-10,13,17H,11H2,1-4H3. The molecular formula is C16H22N2O4S2. The first kappa shape index (κ1) is 18.7. The molecule has 0 saturated heterocycles. The van der Waals surface area contributed by atoms with Crippen molar-refractivity contribution in [3.8, 4) is 11.5 Å². The maximum atomic E-state index is 12.3. The van der Waals surface area contributed by atoms with E-state index in [4.69, 9.17) is 9.47 Å². The molecule has 1 aromatic carbocycles. The van der Waals surface area contributed by atoms with Gasteiger partial charge in [-0.3, -0.25) is 0 Å². The number of ether oxygens (including phenoxy) is 2. The minimum atomic E-state index is -3.50. The van der Waals surface area contributed by atoms with Crippen molar-refractivity contribution < 1.29 is 17.9 Å². The Hall–Kier alpha value is -1.61. The zero-order valence-corrected chi connectivity index (χ0v) is 15.8. The molecule has 24 heavy (non-hydrogen) atoms. The highest BCUT2D eigenvalue weighted by Crippen LogP contribution is 2.31. The summed E-state index contributed by atoms with van der Waals surface area (Å²) in [6.07, 6.45) is 0. The van der Waals surface area contributed by atoms with Crippen LogP contribution in [0.15, 0.2) is 39.9 Å². The summed E-state index contributed by atoms with van der Waals surface area (Å²) in [6, 6.07) is 8.76. The van der Waals surface area contributed by atoms with Gasteiger partial charge in [-0.05, 0) is 43.2 Å². The fourth-order valence-corrected chi connectivity index (χ4v) is 4.41. The van der Waals surface area contributed by atoms with Gasteiger partial charge in [0.15, 0.2) is 11.5 Å². The van der Waals surface area contributed by atoms with Crippen LogP contribution in [-0.4, -0.2) is 48.2 Å². The highest BCUT2D eigenvalue weighted by atomic mass is 32.2. The molecule has 6 nitrogen and oxygen atoms in total. The van der Waals surface area contributed by atoms with E-state index in [1.165, 1.54) is 11.3 Å². The van der Waals surface area contributed by atoms with Crippen molar-refractivity contribution in [2.24, 2.45) is 0 Å². The highest BCUT2D eigenvalue weighted by molar-refractivity contribution is 7.91. The summed E-state index contributed by atoms with van der Waals surface area (Å²) in [6.45, 7) is 0.253. The third-order valence-corrected chi connectivity index (χ3v) is 6.46. The van der Waals surface area contributed by atoms with Crippen molar-refractivity contribution in [1.82, 2.24) is 9.62 Å². The summed E-state index contributed by atoms with van der Waals surface area (Å²) in [5, 5.41) is 1.74. The monoisotopic (exact) mass is 370 g/mol. The lowest BCUT2D eigenvalue weighted by atomic mass is 10.1. The molecule has 1 aromatic heterocycles. The average molecular weight is 370 g/mol. The van der Waals surface area contributed by atoms with Crippen LogP contribution in [0.5, 0.6) is 11.5 Å². The molecule has 0 aliphatic carbocycles. The van der Waals surface area contributed by atoms with Crippen molar-refractivity contribution in [3.05, 3.63) is 41.3 Å². The van der Waals surface area contributed by atoms with Crippen molar-refractivity contribution in [1.29, 1.82) is 0 Å². The molecule has 2 aromatic rings. The van der Waals surface area contributed by atoms with Gasteiger partial charge in [0.05, 0.1) is 14.2 Å². The predicted octanol–water partition coefficient (Wildman–Crippen LogP) is 2.35. The van der Waals surface area contributed by atoms with Crippen LogP contribution >= 0.6 is 11.3 Å². The lowest BCUT2D eigenvalue weighted by Gasteiger charge is -2.25. The Morgan fingerprint density at radius 3 is 2.42 bits per heavy atom. The van der Waals surface area contributed by atoms with E-state index >= 15 is 0 Å². The number of hydrogen-bond donors (Lipinski definition) is 1. The molecule has 0 aliphatic rings. The van der Waals surface area contributed by atoms with E-state index in [1.807, 2.05) is 37.2 Å². The topological polar surface area (TPSA) is 67.9 Å². The molecule has 0 radical (unpaired) electrons. The lowest BCUT2D eigenvalue weighted by molar-refractivity contribution is 0.297. The second-order valence-corrected chi connectivity index (χ2v) is 8.32. The Bertz CT molecular complexity index is 758. The summed E-state index contributed by atoms with van der Waals surface area (Å²) < 4.78 is 38.2. The van der Waals surface area contributed by atoms with Crippen LogP contribution < -0.4 is 14.2 Å². The number of nitrogens with zero attached hydrogens (tertiary/aromatic N) is 1. The lowest BCUT2D eigenvalue weighted by Crippen LogP contribution is -2.34. The Morgan fingerprint density at radius 2 is 1.88 bits per heavy atom. The van der Waals surface area contributed by atoms with E-state index in [-0.39, 0.29) is 12.6 Å². The molecule has 2 rings (SSSR count). The Kier molecular flexibility index (Phi) is 6.22. The van der Waals surface area contributed by atoms with Gasteiger partial charge < -0.3 is 14.4 Å². The summed E-state index contributed by atoms with van der Waals surface area (Å²) in [4.78, 5) is 1.96. The normalized spacial score (nSPS) is 13.0. The largest absolute Gasteiger partial charge is 0.493 e. The summed E-state index contributed by atoms with van der Waals surface area (Å²) >= 11 is 1.20. The van der Waals surface area contributed by atoms with Crippen molar-refractivity contribution in [2.45, 2.75) is 10.3 Å². The first-order chi connectivity index (χ1) is 11.4. The van der Waals surface area contributed by atoms with Gasteiger partial charge in [-0.1, -0.05) is 12.1 Å². The van der Waals surface area contributed by atoms with E-state index < -0.39 is 10.0 Å². The molecule has 1 atom stereocenters. The first-order valence-electron chi connectivity index (χ1n) is 7.30. The van der Waals surface area contributed by atoms with Gasteiger partial charge in [-0.15, -0.1) is 11.3 Å². The van der Waals surface area contributed by atoms with Crippen LogP contribution in [0.25, 0.3) is 0 Å². The maximum Gasteiger partial charge on any atom is 0.250 e. The molecule has 1 heterocycles. The SMILES string of the molecule is COc1ccc(C(CNS(=O)(=O)c2cccs2)N(C)C)cc1OC. The van der Waals surface area contributed by atoms with Crippen LogP contribution in [0.1, 0.15) is 11.6 Å². The molecule has 1 unspecified atom stereocenters. The molecule has 0 amide bonds. The van der Waals surface area contributed by atoms with Gasteiger partial charge in [0, 0.05) is 12.6 Å². The van der Waals surface area contributed by atoms with Crippen LogP contribution in [0.3, 0.4) is 0 Å². The van der Waals surface area contributed by atoms with Crippen LogP contribution in [0, 0.1) is 0 Å². The molecule has 132 valence electrons. The van der Waals surface area contributed by atoms with Crippen molar-refractivity contribution in [3.63, 3.8) is 0 Å². The average Bonchev–Trinajstić information content (AvgIpc) is 3.09. The zero-order chi connectivity index (χ0) is 17.7. The number of likely N-dealkylation sites (N-methyl/N-ethyl adjacent to an activating group) is 1. The van der Waals surface area contributed by atoms with Gasteiger partial charge in [-0.2, -0.15) is 0 Å². The minimum Gasteiger partial charge on any atom is -0.493 e. The van der Waals surface area contributed by atoms with E-state index in [0.29, 0.717) is 15.7 Å². The fourth-order valence-electron chi connectivity index (χ4n) is 2.33. The second-order valence-electron chi connectivity index (χ2n) is 5.38. The van der Waals surface area contributed by atoms with Gasteiger partial charge in [0.2, 0.25) is 10.0 Å². The number of hydrogen-bond acceptors (Lipinski definition) is 6. The van der Waals surface area contributed by atoms with E-state index in [0.717, 1.165) is 5.56 Å². The number of rotatable bonds is 8. The second kappa shape index (κ2) is 7.98. The number of methoxy groups -OCH3 is 2. The van der Waals surface area contributed by atoms with Gasteiger partial charge in [0.1, 0.15) is 4.21 Å². The van der Waals surface area contributed by atoms with Gasteiger partial charge in [0.25, 0.3) is 0 Å². The summed E-state index contributed by atoms with van der Waals surface area (Å²) in [5.74, 6) is 1.25. The third kappa shape index (κ3) is 4.27. The molecular weight excluding hydrogens is 348 g/mol. The van der Waals surface area contributed by atoms with Crippen molar-refractivity contribution >= 4 is 21.4 Å². The first-order valence-corrected chi connectivity index (χ1v) is 9.67. The Morgan fingerprint density at radius 1 is 1.17 bits per heavy atom. The predicted molar refractivity (Wildman–Crippen MR) is 95.5 cm³/mol. The van der Waals surface area contributed by atoms with Crippen LogP contribution in [0.4, 0.5) is 0 Å². The molecule has 1 N–H and O–H groups in total. The zero-order valence-electron chi connectivity index (χ0n) is 14.1. The smallest absolute Gasteiger partial charge is 0.250 e. The van der Waals surface area contributed by atoms with E-state index in [9.17, 15) is 8.42 Å². The minimum absolute atomic E-state index is 0.139. The van der Waals surface area contributed by atoms with Gasteiger partial charge >= 0.3 is 0 Å². The third-order valence-electron chi connectivity index (χ3n) is 3.64. The Labute approximate surface area is 147 Å². The van der Waals surface area contributed by atoms with Crippen LogP contribution in [-0.2, 0) is 10.0 Å².